The number of nitrogens with one attached hydrogen (secondary N) is 1. The minimum absolute atomic E-state index is 0.309. The van der Waals surface area contributed by atoms with Crippen molar-refractivity contribution in [1.82, 2.24) is 4.98 Å². The summed E-state index contributed by atoms with van der Waals surface area (Å²) < 4.78 is 6.09. The summed E-state index contributed by atoms with van der Waals surface area (Å²) in [5.41, 5.74) is 10.5. The quantitative estimate of drug-likeness (QED) is 0.752. The van der Waals surface area contributed by atoms with Gasteiger partial charge in [-0.05, 0) is 49.4 Å². The van der Waals surface area contributed by atoms with Crippen molar-refractivity contribution in [3.05, 3.63) is 59.8 Å². The predicted molar refractivity (Wildman–Crippen MR) is 90.3 cm³/mol. The van der Waals surface area contributed by atoms with Crippen molar-refractivity contribution in [3.8, 4) is 5.75 Å². The number of ether oxygens (including phenoxy) is 1. The van der Waals surface area contributed by atoms with Gasteiger partial charge in [0.2, 0.25) is 0 Å². The van der Waals surface area contributed by atoms with Crippen LogP contribution in [0.4, 0.5) is 5.69 Å². The van der Waals surface area contributed by atoms with E-state index in [2.05, 4.69) is 36.2 Å². The second-order valence-electron chi connectivity index (χ2n) is 6.27. The fourth-order valence-corrected chi connectivity index (χ4v) is 3.16. The summed E-state index contributed by atoms with van der Waals surface area (Å²) in [6.45, 7) is 2.12. The van der Waals surface area contributed by atoms with E-state index in [1.807, 2.05) is 24.4 Å². The Hall–Kier alpha value is -2.42. The number of aryl methyl sites for hydroxylation is 1. The maximum atomic E-state index is 6.09. The first kappa shape index (κ1) is 13.3. The molecule has 0 saturated heterocycles. The van der Waals surface area contributed by atoms with E-state index in [0.717, 1.165) is 35.2 Å². The van der Waals surface area contributed by atoms with Gasteiger partial charge >= 0.3 is 0 Å². The van der Waals surface area contributed by atoms with Crippen molar-refractivity contribution in [1.29, 1.82) is 0 Å². The molecule has 2 aromatic carbocycles. The zero-order valence-electron chi connectivity index (χ0n) is 12.7. The molecule has 1 aliphatic rings. The van der Waals surface area contributed by atoms with Crippen LogP contribution in [0.3, 0.4) is 0 Å². The zero-order chi connectivity index (χ0) is 15.1. The molecule has 0 radical (unpaired) electrons. The highest BCUT2D eigenvalue weighted by atomic mass is 16.5. The van der Waals surface area contributed by atoms with E-state index in [0.29, 0.717) is 12.0 Å². The van der Waals surface area contributed by atoms with Crippen molar-refractivity contribution in [2.24, 2.45) is 0 Å². The van der Waals surface area contributed by atoms with Gasteiger partial charge in [0.25, 0.3) is 0 Å². The summed E-state index contributed by atoms with van der Waals surface area (Å²) in [5.74, 6) is 1.54. The number of nitrogen functional groups attached to an aromatic ring is 1. The lowest BCUT2D eigenvalue weighted by Crippen LogP contribution is -2.32. The third-order valence-corrected chi connectivity index (χ3v) is 4.63. The van der Waals surface area contributed by atoms with Gasteiger partial charge in [-0.3, -0.25) is 0 Å². The van der Waals surface area contributed by atoms with Crippen LogP contribution in [0.1, 0.15) is 29.9 Å². The standard InChI is InChI=1S/C19H20N2O/c1-12-2-4-13(5-3-12)14-8-16(9-14)22-15-6-7-19-17(10-15)18(20)11-21-19/h2-7,10-11,14,16,21H,8-9,20H2,1H3/t14-,16-. The minimum Gasteiger partial charge on any atom is -0.490 e. The molecule has 0 amide bonds. The Bertz CT molecular complexity index is 798. The molecule has 3 nitrogen and oxygen atoms in total. The first-order valence-electron chi connectivity index (χ1n) is 7.79. The van der Waals surface area contributed by atoms with Crippen LogP contribution >= 0.6 is 0 Å². The maximum Gasteiger partial charge on any atom is 0.120 e. The Morgan fingerprint density at radius 1 is 1.09 bits per heavy atom. The van der Waals surface area contributed by atoms with Gasteiger partial charge in [0.05, 0.1) is 11.8 Å². The van der Waals surface area contributed by atoms with E-state index in [4.69, 9.17) is 10.5 Å². The summed E-state index contributed by atoms with van der Waals surface area (Å²) in [7, 11) is 0. The molecular formula is C19H20N2O. The number of hydrogen-bond donors (Lipinski definition) is 2. The van der Waals surface area contributed by atoms with E-state index >= 15 is 0 Å². The van der Waals surface area contributed by atoms with Crippen LogP contribution in [0.15, 0.2) is 48.7 Å². The average molecular weight is 292 g/mol. The molecule has 0 bridgehead atoms. The second kappa shape index (κ2) is 5.09. The molecule has 112 valence electrons. The smallest absolute Gasteiger partial charge is 0.120 e. The number of benzene rings is 2. The topological polar surface area (TPSA) is 51.0 Å². The summed E-state index contributed by atoms with van der Waals surface area (Å²) in [6.07, 6.45) is 4.31. The van der Waals surface area contributed by atoms with Crippen LogP contribution in [0.5, 0.6) is 5.75 Å². The van der Waals surface area contributed by atoms with Gasteiger partial charge in [-0.2, -0.15) is 0 Å². The lowest BCUT2D eigenvalue weighted by atomic mass is 9.77. The molecule has 1 heterocycles. The van der Waals surface area contributed by atoms with E-state index in [-0.39, 0.29) is 0 Å². The third-order valence-electron chi connectivity index (χ3n) is 4.63. The minimum atomic E-state index is 0.309. The Morgan fingerprint density at radius 2 is 1.86 bits per heavy atom. The summed E-state index contributed by atoms with van der Waals surface area (Å²) in [5, 5.41) is 1.03. The molecular weight excluding hydrogens is 272 g/mol. The van der Waals surface area contributed by atoms with Gasteiger partial charge in [-0.1, -0.05) is 29.8 Å². The Balaban J connectivity index is 1.42. The molecule has 0 aliphatic heterocycles. The highest BCUT2D eigenvalue weighted by molar-refractivity contribution is 5.92. The molecule has 0 spiro atoms. The van der Waals surface area contributed by atoms with Gasteiger partial charge in [-0.25, -0.2) is 0 Å². The van der Waals surface area contributed by atoms with Crippen LogP contribution in [0.2, 0.25) is 0 Å². The van der Waals surface area contributed by atoms with E-state index in [1.54, 1.807) is 0 Å². The lowest BCUT2D eigenvalue weighted by molar-refractivity contribution is 0.0987. The highest BCUT2D eigenvalue weighted by Gasteiger charge is 2.31. The van der Waals surface area contributed by atoms with Crippen LogP contribution in [0.25, 0.3) is 10.9 Å². The number of aromatic amines is 1. The summed E-state index contributed by atoms with van der Waals surface area (Å²) in [6, 6.07) is 14.9. The Kier molecular flexibility index (Phi) is 3.07. The fourth-order valence-electron chi connectivity index (χ4n) is 3.16. The van der Waals surface area contributed by atoms with Crippen LogP contribution in [0, 0.1) is 6.92 Å². The van der Waals surface area contributed by atoms with Crippen molar-refractivity contribution in [2.75, 3.05) is 5.73 Å². The fraction of sp³-hybridized carbons (Fsp3) is 0.263. The number of fused-ring (bicyclic) bond motifs is 1. The summed E-state index contributed by atoms with van der Waals surface area (Å²) >= 11 is 0. The van der Waals surface area contributed by atoms with E-state index in [1.165, 1.54) is 11.1 Å². The molecule has 0 atom stereocenters. The van der Waals surface area contributed by atoms with Gasteiger partial charge < -0.3 is 15.5 Å². The summed E-state index contributed by atoms with van der Waals surface area (Å²) in [4.78, 5) is 3.15. The first-order valence-corrected chi connectivity index (χ1v) is 7.79. The van der Waals surface area contributed by atoms with Gasteiger partial charge in [0.1, 0.15) is 5.75 Å². The van der Waals surface area contributed by atoms with Crippen LogP contribution < -0.4 is 10.5 Å². The SMILES string of the molecule is Cc1ccc([C@H]2C[C@H](Oc3ccc4[nH]cc(N)c4c3)C2)cc1. The first-order chi connectivity index (χ1) is 10.7. The molecule has 1 aromatic heterocycles. The molecule has 1 fully saturated rings. The zero-order valence-corrected chi connectivity index (χ0v) is 12.7. The predicted octanol–water partition coefficient (Wildman–Crippen LogP) is 4.38. The van der Waals surface area contributed by atoms with Crippen molar-refractivity contribution in [2.45, 2.75) is 31.8 Å². The highest BCUT2D eigenvalue weighted by Crippen LogP contribution is 2.39. The molecule has 1 saturated carbocycles. The number of aromatic nitrogens is 1. The molecule has 1 aliphatic carbocycles. The number of rotatable bonds is 3. The van der Waals surface area contributed by atoms with Crippen molar-refractivity contribution >= 4 is 16.6 Å². The Labute approximate surface area is 130 Å². The van der Waals surface area contributed by atoms with Gasteiger partial charge in [0, 0.05) is 17.1 Å². The number of anilines is 1. The average Bonchev–Trinajstić information content (AvgIpc) is 2.85. The number of nitrogens with two attached hydrogens (primary N) is 1. The van der Waals surface area contributed by atoms with E-state index < -0.39 is 0 Å². The normalized spacial score (nSPS) is 20.8. The van der Waals surface area contributed by atoms with Crippen molar-refractivity contribution in [3.63, 3.8) is 0 Å². The second-order valence-corrected chi connectivity index (χ2v) is 6.27. The number of H-pyrrole nitrogens is 1. The Morgan fingerprint density at radius 3 is 2.64 bits per heavy atom. The van der Waals surface area contributed by atoms with Crippen molar-refractivity contribution < 1.29 is 4.74 Å². The van der Waals surface area contributed by atoms with E-state index in [9.17, 15) is 0 Å². The third kappa shape index (κ3) is 2.33. The molecule has 22 heavy (non-hydrogen) atoms. The monoisotopic (exact) mass is 292 g/mol. The van der Waals surface area contributed by atoms with Gasteiger partial charge in [-0.15, -0.1) is 0 Å². The lowest BCUT2D eigenvalue weighted by Gasteiger charge is -2.35. The number of hydrogen-bond acceptors (Lipinski definition) is 2. The molecule has 3 N–H and O–H groups in total. The van der Waals surface area contributed by atoms with Gasteiger partial charge in [0.15, 0.2) is 0 Å². The maximum absolute atomic E-state index is 6.09. The molecule has 3 heteroatoms. The van der Waals surface area contributed by atoms with Crippen LogP contribution in [-0.4, -0.2) is 11.1 Å². The largest absolute Gasteiger partial charge is 0.490 e. The van der Waals surface area contributed by atoms with Crippen LogP contribution in [-0.2, 0) is 0 Å². The molecule has 3 aromatic rings. The molecule has 0 unspecified atom stereocenters. The molecule has 4 rings (SSSR count).